The molecule has 2 heterocycles. The van der Waals surface area contributed by atoms with Crippen LogP contribution in [0.4, 0.5) is 0 Å². The van der Waals surface area contributed by atoms with Crippen LogP contribution in [-0.4, -0.2) is 41.0 Å². The predicted octanol–water partition coefficient (Wildman–Crippen LogP) is 3.21. The summed E-state index contributed by atoms with van der Waals surface area (Å²) in [6.07, 6.45) is 5.16. The lowest BCUT2D eigenvalue weighted by atomic mass is 9.71. The number of aliphatic hydroxyl groups is 1. The van der Waals surface area contributed by atoms with Crippen LogP contribution in [0.25, 0.3) is 0 Å². The third-order valence-corrected chi connectivity index (χ3v) is 6.00. The van der Waals surface area contributed by atoms with Crippen molar-refractivity contribution in [3.05, 3.63) is 21.3 Å². The van der Waals surface area contributed by atoms with Crippen molar-refractivity contribution >= 4 is 28.7 Å². The maximum atomic E-state index is 12.2. The standard InChI is InChI=1S/C15H20ClNO2S/c16-14-5-4-13(20-14)12(18)10-17-8-7-15(19)6-2-1-3-11(15)9-17/h4-5,11,19H,1-3,6-10H2. The van der Waals surface area contributed by atoms with Gasteiger partial charge in [0.25, 0.3) is 0 Å². The van der Waals surface area contributed by atoms with Gasteiger partial charge < -0.3 is 5.11 Å². The number of carbonyl (C=O) groups excluding carboxylic acids is 1. The molecule has 0 bridgehead atoms. The summed E-state index contributed by atoms with van der Waals surface area (Å²) >= 11 is 7.22. The number of piperidine rings is 1. The van der Waals surface area contributed by atoms with Crippen LogP contribution >= 0.6 is 22.9 Å². The number of nitrogens with zero attached hydrogens (tertiary/aromatic N) is 1. The Balaban J connectivity index is 1.61. The van der Waals surface area contributed by atoms with E-state index in [2.05, 4.69) is 4.90 Å². The van der Waals surface area contributed by atoms with E-state index in [-0.39, 0.29) is 5.78 Å². The summed E-state index contributed by atoms with van der Waals surface area (Å²) in [6.45, 7) is 2.11. The molecule has 2 atom stereocenters. The highest BCUT2D eigenvalue weighted by molar-refractivity contribution is 7.18. The highest BCUT2D eigenvalue weighted by Gasteiger charge is 2.42. The molecule has 20 heavy (non-hydrogen) atoms. The minimum atomic E-state index is -0.468. The van der Waals surface area contributed by atoms with E-state index >= 15 is 0 Å². The lowest BCUT2D eigenvalue weighted by molar-refractivity contribution is -0.0936. The fourth-order valence-electron chi connectivity index (χ4n) is 3.53. The van der Waals surface area contributed by atoms with E-state index in [9.17, 15) is 9.90 Å². The first-order valence-electron chi connectivity index (χ1n) is 7.30. The van der Waals surface area contributed by atoms with Gasteiger partial charge in [-0.05, 0) is 31.4 Å². The number of ketones is 1. The van der Waals surface area contributed by atoms with E-state index in [1.54, 1.807) is 12.1 Å². The van der Waals surface area contributed by atoms with Crippen LogP contribution in [0.3, 0.4) is 0 Å². The van der Waals surface area contributed by atoms with Crippen molar-refractivity contribution in [2.24, 2.45) is 5.92 Å². The van der Waals surface area contributed by atoms with Crippen LogP contribution < -0.4 is 0 Å². The highest BCUT2D eigenvalue weighted by atomic mass is 35.5. The second kappa shape index (κ2) is 5.76. The molecule has 0 radical (unpaired) electrons. The SMILES string of the molecule is O=C(CN1CCC2(O)CCCCC2C1)c1ccc(Cl)s1. The third-order valence-electron chi connectivity index (χ3n) is 4.73. The van der Waals surface area contributed by atoms with Crippen molar-refractivity contribution in [3.8, 4) is 0 Å². The zero-order valence-electron chi connectivity index (χ0n) is 11.5. The van der Waals surface area contributed by atoms with Crippen molar-refractivity contribution in [2.45, 2.75) is 37.7 Å². The summed E-state index contributed by atoms with van der Waals surface area (Å²) in [7, 11) is 0. The average molecular weight is 314 g/mol. The normalized spacial score (nSPS) is 31.0. The lowest BCUT2D eigenvalue weighted by Gasteiger charge is -2.47. The zero-order chi connectivity index (χ0) is 14.2. The molecule has 1 aliphatic heterocycles. The van der Waals surface area contributed by atoms with Gasteiger partial charge in [0.2, 0.25) is 0 Å². The number of Topliss-reactive ketones (excluding diaryl/α,β-unsaturated/α-hetero) is 1. The topological polar surface area (TPSA) is 40.5 Å². The minimum Gasteiger partial charge on any atom is -0.390 e. The molecule has 0 amide bonds. The number of carbonyl (C=O) groups is 1. The molecule has 2 fully saturated rings. The summed E-state index contributed by atoms with van der Waals surface area (Å²) in [4.78, 5) is 15.1. The molecule has 2 unspecified atom stereocenters. The maximum Gasteiger partial charge on any atom is 0.186 e. The highest BCUT2D eigenvalue weighted by Crippen LogP contribution is 2.39. The summed E-state index contributed by atoms with van der Waals surface area (Å²) in [5.41, 5.74) is -0.468. The molecule has 2 aliphatic rings. The molecule has 0 aromatic carbocycles. The summed E-state index contributed by atoms with van der Waals surface area (Å²) in [5.74, 6) is 0.480. The summed E-state index contributed by atoms with van der Waals surface area (Å²) < 4.78 is 0.661. The summed E-state index contributed by atoms with van der Waals surface area (Å²) in [5, 5.41) is 10.6. The molecule has 5 heteroatoms. The number of hydrogen-bond donors (Lipinski definition) is 1. The molecular formula is C15H20ClNO2S. The number of fused-ring (bicyclic) bond motifs is 1. The van der Waals surface area contributed by atoms with Crippen LogP contribution in [-0.2, 0) is 0 Å². The van der Waals surface area contributed by atoms with Gasteiger partial charge in [-0.1, -0.05) is 24.4 Å². The van der Waals surface area contributed by atoms with Crippen molar-refractivity contribution < 1.29 is 9.90 Å². The quantitative estimate of drug-likeness (QED) is 0.871. The molecule has 0 spiro atoms. The van der Waals surface area contributed by atoms with Gasteiger partial charge in [-0.2, -0.15) is 0 Å². The van der Waals surface area contributed by atoms with Gasteiger partial charge in [0.05, 0.1) is 21.4 Å². The molecule has 1 aromatic heterocycles. The Bertz CT molecular complexity index is 504. The van der Waals surface area contributed by atoms with Gasteiger partial charge in [-0.25, -0.2) is 0 Å². The Morgan fingerprint density at radius 1 is 1.45 bits per heavy atom. The molecule has 1 aliphatic carbocycles. The van der Waals surface area contributed by atoms with Gasteiger partial charge in [-0.15, -0.1) is 11.3 Å². The number of hydrogen-bond acceptors (Lipinski definition) is 4. The van der Waals surface area contributed by atoms with Crippen LogP contribution in [0.5, 0.6) is 0 Å². The second-order valence-corrected chi connectivity index (χ2v) is 7.77. The van der Waals surface area contributed by atoms with Crippen LogP contribution in [0, 0.1) is 5.92 Å². The molecule has 1 saturated carbocycles. The van der Waals surface area contributed by atoms with E-state index in [1.807, 2.05) is 0 Å². The van der Waals surface area contributed by atoms with E-state index < -0.39 is 5.60 Å². The maximum absolute atomic E-state index is 12.2. The van der Waals surface area contributed by atoms with Crippen molar-refractivity contribution in [1.82, 2.24) is 4.90 Å². The molecule has 1 saturated heterocycles. The van der Waals surface area contributed by atoms with E-state index in [1.165, 1.54) is 17.8 Å². The molecular weight excluding hydrogens is 294 g/mol. The number of rotatable bonds is 3. The monoisotopic (exact) mass is 313 g/mol. The van der Waals surface area contributed by atoms with Crippen molar-refractivity contribution in [3.63, 3.8) is 0 Å². The fourth-order valence-corrected chi connectivity index (χ4v) is 4.50. The zero-order valence-corrected chi connectivity index (χ0v) is 13.1. The van der Waals surface area contributed by atoms with Crippen molar-refractivity contribution in [1.29, 1.82) is 0 Å². The van der Waals surface area contributed by atoms with E-state index in [4.69, 9.17) is 11.6 Å². The van der Waals surface area contributed by atoms with Gasteiger partial charge in [0.15, 0.2) is 5.78 Å². The first kappa shape index (κ1) is 14.5. The first-order valence-corrected chi connectivity index (χ1v) is 8.49. The lowest BCUT2D eigenvalue weighted by Crippen LogP contribution is -2.54. The average Bonchev–Trinajstić information content (AvgIpc) is 2.86. The number of thiophene rings is 1. The van der Waals surface area contributed by atoms with Crippen molar-refractivity contribution in [2.75, 3.05) is 19.6 Å². The Hall–Kier alpha value is -0.420. The Morgan fingerprint density at radius 2 is 2.30 bits per heavy atom. The Kier molecular flexibility index (Phi) is 4.18. The second-order valence-electron chi connectivity index (χ2n) is 6.06. The van der Waals surface area contributed by atoms with Gasteiger partial charge in [0, 0.05) is 19.0 Å². The molecule has 3 rings (SSSR count). The molecule has 1 aromatic rings. The third kappa shape index (κ3) is 2.93. The van der Waals surface area contributed by atoms with E-state index in [0.717, 1.165) is 43.6 Å². The van der Waals surface area contributed by atoms with Crippen LogP contribution in [0.1, 0.15) is 41.8 Å². The smallest absolute Gasteiger partial charge is 0.186 e. The van der Waals surface area contributed by atoms with E-state index in [0.29, 0.717) is 16.8 Å². The minimum absolute atomic E-state index is 0.142. The summed E-state index contributed by atoms with van der Waals surface area (Å²) in [6, 6.07) is 3.58. The Labute approximate surface area is 128 Å². The Morgan fingerprint density at radius 3 is 3.05 bits per heavy atom. The number of likely N-dealkylation sites (tertiary alicyclic amines) is 1. The largest absolute Gasteiger partial charge is 0.390 e. The first-order chi connectivity index (χ1) is 9.57. The molecule has 1 N–H and O–H groups in total. The molecule has 110 valence electrons. The van der Waals surface area contributed by atoms with Crippen LogP contribution in [0.2, 0.25) is 4.34 Å². The number of halogens is 1. The van der Waals surface area contributed by atoms with Gasteiger partial charge >= 0.3 is 0 Å². The molecule has 3 nitrogen and oxygen atoms in total. The van der Waals surface area contributed by atoms with Gasteiger partial charge in [0.1, 0.15) is 0 Å². The predicted molar refractivity (Wildman–Crippen MR) is 81.6 cm³/mol. The van der Waals surface area contributed by atoms with Crippen LogP contribution in [0.15, 0.2) is 12.1 Å². The fraction of sp³-hybridized carbons (Fsp3) is 0.667. The van der Waals surface area contributed by atoms with Gasteiger partial charge in [-0.3, -0.25) is 9.69 Å².